The minimum atomic E-state index is -2.23. The van der Waals surface area contributed by atoms with Crippen molar-refractivity contribution < 1.29 is 8.82 Å². The zero-order valence-electron chi connectivity index (χ0n) is 15.6. The quantitative estimate of drug-likeness (QED) is 0.366. The largest absolute Gasteiger partial charge is 0.411 e. The second-order valence-corrected chi connectivity index (χ2v) is 14.6. The molecule has 2 aromatic carbocycles. The Kier molecular flexibility index (Phi) is 5.73. The smallest absolute Gasteiger partial charge is 0.199 e. The maximum absolute atomic E-state index is 14.3. The summed E-state index contributed by atoms with van der Waals surface area (Å²) < 4.78 is 23.1. The third-order valence-electron chi connectivity index (χ3n) is 5.13. The first-order valence-electron chi connectivity index (χ1n) is 8.73. The van der Waals surface area contributed by atoms with Crippen LogP contribution in [0.5, 0.6) is 0 Å². The third kappa shape index (κ3) is 4.27. The Morgan fingerprint density at radius 1 is 1.12 bits per heavy atom. The number of benzene rings is 2. The Bertz CT molecular complexity index is 885. The molecule has 0 saturated heterocycles. The van der Waals surface area contributed by atoms with Crippen LogP contribution in [0.25, 0.3) is 10.1 Å². The standard InChI is InChI=1S/C21H24BrFOSSi/c1-21(2,3)26(4,14-16-11-17(22)9-10-19(16)23)24-13-18-12-15-7-5-6-8-20(15)25-18/h5-12H,13-14H2,1-4H3. The number of thiophene rings is 1. The Morgan fingerprint density at radius 3 is 2.54 bits per heavy atom. The second-order valence-electron chi connectivity index (χ2n) is 7.93. The normalized spacial score (nSPS) is 14.5. The summed E-state index contributed by atoms with van der Waals surface area (Å²) in [5.41, 5.74) is 0.736. The molecule has 0 fully saturated rings. The van der Waals surface area contributed by atoms with Crippen molar-refractivity contribution in [2.75, 3.05) is 0 Å². The van der Waals surface area contributed by atoms with Crippen molar-refractivity contribution in [3.8, 4) is 0 Å². The van der Waals surface area contributed by atoms with Crippen molar-refractivity contribution in [1.29, 1.82) is 0 Å². The van der Waals surface area contributed by atoms with Gasteiger partial charge in [-0.2, -0.15) is 0 Å². The highest BCUT2D eigenvalue weighted by Gasteiger charge is 2.42. The summed E-state index contributed by atoms with van der Waals surface area (Å²) in [6.07, 6.45) is 0. The van der Waals surface area contributed by atoms with E-state index in [2.05, 4.69) is 73.6 Å². The lowest BCUT2D eigenvalue weighted by Crippen LogP contribution is -2.46. The van der Waals surface area contributed by atoms with Crippen LogP contribution in [0.2, 0.25) is 11.6 Å². The summed E-state index contributed by atoms with van der Waals surface area (Å²) in [6, 6.07) is 16.4. The Hall–Kier alpha value is -1.01. The van der Waals surface area contributed by atoms with Crippen LogP contribution in [0.3, 0.4) is 0 Å². The van der Waals surface area contributed by atoms with Gasteiger partial charge in [-0.3, -0.25) is 0 Å². The van der Waals surface area contributed by atoms with Crippen molar-refractivity contribution in [2.24, 2.45) is 0 Å². The minimum Gasteiger partial charge on any atom is -0.411 e. The van der Waals surface area contributed by atoms with E-state index in [4.69, 9.17) is 4.43 Å². The molecule has 0 radical (unpaired) electrons. The summed E-state index contributed by atoms with van der Waals surface area (Å²) in [4.78, 5) is 1.23. The average Bonchev–Trinajstić information content (AvgIpc) is 2.98. The summed E-state index contributed by atoms with van der Waals surface area (Å²) in [5.74, 6) is -0.151. The molecule has 26 heavy (non-hydrogen) atoms. The van der Waals surface area contributed by atoms with E-state index in [0.717, 1.165) is 10.0 Å². The highest BCUT2D eigenvalue weighted by atomic mass is 79.9. The molecule has 1 nitrogen and oxygen atoms in total. The van der Waals surface area contributed by atoms with Crippen LogP contribution in [0.1, 0.15) is 31.2 Å². The molecule has 1 unspecified atom stereocenters. The van der Waals surface area contributed by atoms with Crippen molar-refractivity contribution in [3.63, 3.8) is 0 Å². The predicted molar refractivity (Wildman–Crippen MR) is 116 cm³/mol. The Balaban J connectivity index is 1.84. The van der Waals surface area contributed by atoms with Gasteiger partial charge in [0, 0.05) is 14.0 Å². The number of hydrogen-bond acceptors (Lipinski definition) is 2. The molecule has 138 valence electrons. The third-order valence-corrected chi connectivity index (χ3v) is 11.7. The minimum absolute atomic E-state index is 0.00155. The molecule has 3 aromatic rings. The molecule has 0 N–H and O–H groups in total. The van der Waals surface area contributed by atoms with Crippen molar-refractivity contribution in [2.45, 2.75) is 45.0 Å². The van der Waals surface area contributed by atoms with Crippen LogP contribution >= 0.6 is 27.3 Å². The van der Waals surface area contributed by atoms with Crippen LogP contribution < -0.4 is 0 Å². The number of halogens is 2. The molecule has 1 aromatic heterocycles. The molecule has 1 atom stereocenters. The highest BCUT2D eigenvalue weighted by Crippen LogP contribution is 2.40. The molecular weight excluding hydrogens is 427 g/mol. The Morgan fingerprint density at radius 2 is 1.85 bits per heavy atom. The molecule has 0 saturated carbocycles. The number of fused-ring (bicyclic) bond motifs is 1. The van der Waals surface area contributed by atoms with Crippen LogP contribution in [0, 0.1) is 5.82 Å². The fourth-order valence-corrected chi connectivity index (χ4v) is 6.94. The van der Waals surface area contributed by atoms with Crippen LogP contribution in [-0.2, 0) is 17.1 Å². The molecule has 0 spiro atoms. The van der Waals surface area contributed by atoms with E-state index in [9.17, 15) is 4.39 Å². The topological polar surface area (TPSA) is 9.23 Å². The van der Waals surface area contributed by atoms with E-state index >= 15 is 0 Å². The molecule has 1 heterocycles. The maximum Gasteiger partial charge on any atom is 0.199 e. The first-order chi connectivity index (χ1) is 12.2. The van der Waals surface area contributed by atoms with E-state index < -0.39 is 8.32 Å². The predicted octanol–water partition coefficient (Wildman–Crippen LogP) is 7.48. The molecule has 5 heteroatoms. The maximum atomic E-state index is 14.3. The van der Waals surface area contributed by atoms with Gasteiger partial charge in [0.05, 0.1) is 6.61 Å². The lowest BCUT2D eigenvalue weighted by molar-refractivity contribution is 0.273. The zero-order valence-corrected chi connectivity index (χ0v) is 19.0. The number of rotatable bonds is 5. The van der Waals surface area contributed by atoms with Crippen molar-refractivity contribution in [3.05, 3.63) is 69.3 Å². The van der Waals surface area contributed by atoms with E-state index in [1.807, 2.05) is 6.07 Å². The average molecular weight is 451 g/mol. The van der Waals surface area contributed by atoms with Crippen molar-refractivity contribution >= 4 is 45.7 Å². The molecule has 0 aliphatic heterocycles. The number of hydrogen-bond donors (Lipinski definition) is 0. The molecular formula is C21H24BrFOSSi. The first kappa shape index (κ1) is 19.7. The van der Waals surface area contributed by atoms with Crippen LogP contribution in [0.4, 0.5) is 4.39 Å². The summed E-state index contributed by atoms with van der Waals surface area (Å²) in [6.45, 7) is 9.44. The SMILES string of the molecule is CC(C)(C)[Si](C)(Cc1cc(Br)ccc1F)OCc1cc2ccccc2s1. The molecule has 3 rings (SSSR count). The summed E-state index contributed by atoms with van der Waals surface area (Å²) in [7, 11) is -2.23. The van der Waals surface area contributed by atoms with Gasteiger partial charge >= 0.3 is 0 Å². The van der Waals surface area contributed by atoms with E-state index in [1.165, 1.54) is 21.0 Å². The van der Waals surface area contributed by atoms with Gasteiger partial charge in [0.15, 0.2) is 8.32 Å². The molecule has 0 aliphatic rings. The van der Waals surface area contributed by atoms with Gasteiger partial charge in [-0.25, -0.2) is 4.39 Å². The lowest BCUT2D eigenvalue weighted by atomic mass is 10.2. The summed E-state index contributed by atoms with van der Waals surface area (Å²) in [5, 5.41) is 1.26. The van der Waals surface area contributed by atoms with Crippen LogP contribution in [0.15, 0.2) is 53.0 Å². The van der Waals surface area contributed by atoms with Crippen molar-refractivity contribution in [1.82, 2.24) is 0 Å². The Labute approximate surface area is 168 Å². The van der Waals surface area contributed by atoms with Crippen LogP contribution in [-0.4, -0.2) is 8.32 Å². The molecule has 0 amide bonds. The van der Waals surface area contributed by atoms with Gasteiger partial charge in [0.2, 0.25) is 0 Å². The van der Waals surface area contributed by atoms with Gasteiger partial charge in [0.1, 0.15) is 5.82 Å². The fourth-order valence-electron chi connectivity index (χ4n) is 2.91. The second kappa shape index (κ2) is 7.54. The van der Waals surface area contributed by atoms with Gasteiger partial charge in [0.25, 0.3) is 0 Å². The molecule has 0 aliphatic carbocycles. The van der Waals surface area contributed by atoms with E-state index in [1.54, 1.807) is 17.4 Å². The first-order valence-corrected chi connectivity index (χ1v) is 13.0. The van der Waals surface area contributed by atoms with E-state index in [-0.39, 0.29) is 10.9 Å². The highest BCUT2D eigenvalue weighted by molar-refractivity contribution is 9.10. The fraction of sp³-hybridized carbons (Fsp3) is 0.333. The van der Waals surface area contributed by atoms with Gasteiger partial charge in [-0.15, -0.1) is 11.3 Å². The zero-order chi connectivity index (χ0) is 18.9. The van der Waals surface area contributed by atoms with Gasteiger partial charge < -0.3 is 4.43 Å². The monoisotopic (exact) mass is 450 g/mol. The van der Waals surface area contributed by atoms with Gasteiger partial charge in [-0.05, 0) is 58.9 Å². The molecule has 0 bridgehead atoms. The van der Waals surface area contributed by atoms with Gasteiger partial charge in [-0.1, -0.05) is 54.9 Å². The lowest BCUT2D eigenvalue weighted by Gasteiger charge is -2.39. The summed E-state index contributed by atoms with van der Waals surface area (Å²) >= 11 is 5.24. The van der Waals surface area contributed by atoms with E-state index in [0.29, 0.717) is 12.7 Å².